The fraction of sp³-hybridized carbons (Fsp3) is 0.174. The van der Waals surface area contributed by atoms with Crippen molar-refractivity contribution in [3.8, 4) is 5.75 Å². The summed E-state index contributed by atoms with van der Waals surface area (Å²) in [5, 5.41) is 2.68. The Hall–Kier alpha value is -3.46. The Morgan fingerprint density at radius 1 is 0.969 bits per heavy atom. The second-order valence-electron chi connectivity index (χ2n) is 7.27. The maximum atomic E-state index is 13.2. The normalized spacial score (nSPS) is 13.4. The largest absolute Gasteiger partial charge is 0.484 e. The highest BCUT2D eigenvalue weighted by Gasteiger charge is 2.29. The summed E-state index contributed by atoms with van der Waals surface area (Å²) < 4.78 is 59.1. The van der Waals surface area contributed by atoms with E-state index in [1.54, 1.807) is 18.2 Å². The van der Waals surface area contributed by atoms with Gasteiger partial charge in [-0.05, 0) is 79.1 Å². The topological polar surface area (TPSA) is 75.7 Å². The smallest absolute Gasteiger partial charge is 0.264 e. The van der Waals surface area contributed by atoms with E-state index in [9.17, 15) is 22.0 Å². The Morgan fingerprint density at radius 2 is 1.62 bits per heavy atom. The predicted octanol–water partition coefficient (Wildman–Crippen LogP) is 4.12. The van der Waals surface area contributed by atoms with Crippen LogP contribution in [0.5, 0.6) is 5.75 Å². The molecule has 0 saturated carbocycles. The second kappa shape index (κ2) is 8.96. The SMILES string of the molecule is O=C(COc1ccc(F)cc1)Nc1ccc2c(c1)N(S(=O)(=O)c1ccc(F)cc1)CCC2. The number of nitrogens with one attached hydrogen (secondary N) is 1. The lowest BCUT2D eigenvalue weighted by Gasteiger charge is -2.31. The van der Waals surface area contributed by atoms with Crippen molar-refractivity contribution in [3.63, 3.8) is 0 Å². The van der Waals surface area contributed by atoms with E-state index in [1.807, 2.05) is 0 Å². The van der Waals surface area contributed by atoms with Gasteiger partial charge in [0.15, 0.2) is 6.61 Å². The first-order valence-corrected chi connectivity index (χ1v) is 11.4. The number of nitrogens with zero attached hydrogens (tertiary/aromatic N) is 1. The summed E-state index contributed by atoms with van der Waals surface area (Å²) in [6.45, 7) is -0.0158. The predicted molar refractivity (Wildman–Crippen MR) is 116 cm³/mol. The van der Waals surface area contributed by atoms with E-state index in [-0.39, 0.29) is 18.0 Å². The van der Waals surface area contributed by atoms with Gasteiger partial charge in [-0.3, -0.25) is 9.10 Å². The molecule has 0 radical (unpaired) electrons. The molecule has 0 aromatic heterocycles. The third kappa shape index (κ3) is 4.72. The molecule has 0 spiro atoms. The number of halogens is 2. The van der Waals surface area contributed by atoms with E-state index >= 15 is 0 Å². The van der Waals surface area contributed by atoms with Gasteiger partial charge in [0.05, 0.1) is 10.6 Å². The Labute approximate surface area is 184 Å². The standard InChI is InChI=1S/C23H20F2N2O4S/c24-17-4-9-20(10-5-17)31-15-23(28)26-19-8-3-16-2-1-13-27(22(16)14-19)32(29,30)21-11-6-18(25)7-12-21/h3-12,14H,1-2,13,15H2,(H,26,28). The zero-order valence-electron chi connectivity index (χ0n) is 16.9. The van der Waals surface area contributed by atoms with E-state index < -0.39 is 27.6 Å². The van der Waals surface area contributed by atoms with Gasteiger partial charge < -0.3 is 10.1 Å². The van der Waals surface area contributed by atoms with Crippen molar-refractivity contribution >= 4 is 27.3 Å². The summed E-state index contributed by atoms with van der Waals surface area (Å²) in [5.41, 5.74) is 1.72. The molecule has 0 bridgehead atoms. The van der Waals surface area contributed by atoms with Crippen molar-refractivity contribution in [2.24, 2.45) is 0 Å². The molecule has 1 aliphatic rings. The third-order valence-corrected chi connectivity index (χ3v) is 6.86. The van der Waals surface area contributed by atoms with Gasteiger partial charge in [0.2, 0.25) is 0 Å². The van der Waals surface area contributed by atoms with E-state index in [2.05, 4.69) is 5.32 Å². The zero-order chi connectivity index (χ0) is 22.7. The first kappa shape index (κ1) is 21.8. The van der Waals surface area contributed by atoms with Crippen molar-refractivity contribution in [2.75, 3.05) is 22.8 Å². The van der Waals surface area contributed by atoms with E-state index in [0.29, 0.717) is 30.0 Å². The van der Waals surface area contributed by atoms with E-state index in [4.69, 9.17) is 4.74 Å². The molecule has 0 unspecified atom stereocenters. The van der Waals surface area contributed by atoms with Crippen LogP contribution in [0.2, 0.25) is 0 Å². The number of aryl methyl sites for hydroxylation is 1. The molecule has 1 aliphatic heterocycles. The summed E-state index contributed by atoms with van der Waals surface area (Å²) in [7, 11) is -3.89. The maximum absolute atomic E-state index is 13.2. The molecule has 0 aliphatic carbocycles. The summed E-state index contributed by atoms with van der Waals surface area (Å²) in [6.07, 6.45) is 1.34. The molecule has 166 valence electrons. The van der Waals surface area contributed by atoms with Crippen molar-refractivity contribution in [1.82, 2.24) is 0 Å². The molecule has 4 rings (SSSR count). The number of anilines is 2. The number of ether oxygens (including phenoxy) is 1. The van der Waals surface area contributed by atoms with Gasteiger partial charge in [0.25, 0.3) is 15.9 Å². The van der Waals surface area contributed by atoms with Gasteiger partial charge >= 0.3 is 0 Å². The molecule has 1 amide bonds. The average molecular weight is 458 g/mol. The summed E-state index contributed by atoms with van der Waals surface area (Å²) in [4.78, 5) is 12.3. The molecule has 1 heterocycles. The van der Waals surface area contributed by atoms with Crippen molar-refractivity contribution < 1.29 is 26.7 Å². The summed E-state index contributed by atoms with van der Waals surface area (Å²) in [6, 6.07) is 15.0. The molecule has 9 heteroatoms. The van der Waals surface area contributed by atoms with Gasteiger partial charge in [-0.2, -0.15) is 0 Å². The van der Waals surface area contributed by atoms with Gasteiger partial charge in [0.1, 0.15) is 17.4 Å². The summed E-state index contributed by atoms with van der Waals surface area (Å²) >= 11 is 0. The van der Waals surface area contributed by atoms with Crippen LogP contribution in [0.1, 0.15) is 12.0 Å². The number of carbonyl (C=O) groups is 1. The third-order valence-electron chi connectivity index (χ3n) is 5.03. The first-order chi connectivity index (χ1) is 15.3. The minimum absolute atomic E-state index is 0.00566. The van der Waals surface area contributed by atoms with Crippen LogP contribution in [0.15, 0.2) is 71.6 Å². The molecule has 0 fully saturated rings. The second-order valence-corrected chi connectivity index (χ2v) is 9.13. The lowest BCUT2D eigenvalue weighted by atomic mass is 10.0. The highest BCUT2D eigenvalue weighted by atomic mass is 32.2. The van der Waals surface area contributed by atoms with Gasteiger partial charge in [-0.25, -0.2) is 17.2 Å². The van der Waals surface area contributed by atoms with Crippen LogP contribution in [0.4, 0.5) is 20.2 Å². The molecular weight excluding hydrogens is 438 g/mol. The van der Waals surface area contributed by atoms with E-state index in [1.165, 1.54) is 40.7 Å². The van der Waals surface area contributed by atoms with Crippen LogP contribution >= 0.6 is 0 Å². The number of carbonyl (C=O) groups excluding carboxylic acids is 1. The number of fused-ring (bicyclic) bond motifs is 1. The van der Waals surface area contributed by atoms with Crippen LogP contribution in [0.25, 0.3) is 0 Å². The molecule has 32 heavy (non-hydrogen) atoms. The highest BCUT2D eigenvalue weighted by molar-refractivity contribution is 7.92. The number of sulfonamides is 1. The van der Waals surface area contributed by atoms with Crippen molar-refractivity contribution in [3.05, 3.63) is 83.9 Å². The number of rotatable bonds is 6. The molecule has 3 aromatic rings. The van der Waals surface area contributed by atoms with Crippen LogP contribution in [-0.2, 0) is 21.2 Å². The Morgan fingerprint density at radius 3 is 2.31 bits per heavy atom. The summed E-state index contributed by atoms with van der Waals surface area (Å²) in [5.74, 6) is -1.02. The Balaban J connectivity index is 1.51. The maximum Gasteiger partial charge on any atom is 0.264 e. The molecule has 3 aromatic carbocycles. The minimum Gasteiger partial charge on any atom is -0.484 e. The lowest BCUT2D eigenvalue weighted by Crippen LogP contribution is -2.35. The average Bonchev–Trinajstić information content (AvgIpc) is 2.78. The number of amides is 1. The number of hydrogen-bond donors (Lipinski definition) is 1. The molecule has 0 saturated heterocycles. The molecule has 1 N–H and O–H groups in total. The Bertz CT molecular complexity index is 1230. The minimum atomic E-state index is -3.89. The monoisotopic (exact) mass is 458 g/mol. The van der Waals surface area contributed by atoms with E-state index in [0.717, 1.165) is 17.7 Å². The lowest BCUT2D eigenvalue weighted by molar-refractivity contribution is -0.118. The van der Waals surface area contributed by atoms with Gasteiger partial charge in [0, 0.05) is 12.2 Å². The Kier molecular flexibility index (Phi) is 6.09. The molecule has 0 atom stereocenters. The quantitative estimate of drug-likeness (QED) is 0.603. The van der Waals surface area contributed by atoms with Crippen LogP contribution in [-0.4, -0.2) is 27.5 Å². The van der Waals surface area contributed by atoms with Crippen molar-refractivity contribution in [2.45, 2.75) is 17.7 Å². The van der Waals surface area contributed by atoms with Gasteiger partial charge in [-0.15, -0.1) is 0 Å². The van der Waals surface area contributed by atoms with Crippen LogP contribution < -0.4 is 14.4 Å². The fourth-order valence-electron chi connectivity index (χ4n) is 3.48. The van der Waals surface area contributed by atoms with Crippen LogP contribution in [0, 0.1) is 11.6 Å². The van der Waals surface area contributed by atoms with Crippen molar-refractivity contribution in [1.29, 1.82) is 0 Å². The van der Waals surface area contributed by atoms with Crippen LogP contribution in [0.3, 0.4) is 0 Å². The fourth-order valence-corrected chi connectivity index (χ4v) is 5.01. The molecular formula is C23H20F2N2O4S. The highest BCUT2D eigenvalue weighted by Crippen LogP contribution is 2.34. The first-order valence-electron chi connectivity index (χ1n) is 9.92. The number of benzene rings is 3. The van der Waals surface area contributed by atoms with Gasteiger partial charge in [-0.1, -0.05) is 6.07 Å². The molecule has 6 nitrogen and oxygen atoms in total. The zero-order valence-corrected chi connectivity index (χ0v) is 17.7. The number of hydrogen-bond acceptors (Lipinski definition) is 4.